The molecule has 0 atom stereocenters. The summed E-state index contributed by atoms with van der Waals surface area (Å²) in [4.78, 5) is 26.9. The minimum Gasteiger partial charge on any atom is -0.351 e. The Balaban J connectivity index is 1.36. The van der Waals surface area contributed by atoms with Gasteiger partial charge in [-0.3, -0.25) is 9.59 Å². The van der Waals surface area contributed by atoms with E-state index in [1.165, 1.54) is 0 Å². The maximum absolute atomic E-state index is 12.6. The number of hydrogen-bond donors (Lipinski definition) is 2. The van der Waals surface area contributed by atoms with Gasteiger partial charge in [-0.2, -0.15) is 5.21 Å². The number of nitrogens with one attached hydrogen (secondary N) is 2. The van der Waals surface area contributed by atoms with Crippen molar-refractivity contribution in [2.45, 2.75) is 44.6 Å². The van der Waals surface area contributed by atoms with Crippen LogP contribution in [0.15, 0.2) is 24.5 Å². The van der Waals surface area contributed by atoms with E-state index < -0.39 is 0 Å². The number of aromatic nitrogens is 4. The number of hydrogen-bond acceptors (Lipinski definition) is 4. The van der Waals surface area contributed by atoms with Crippen molar-refractivity contribution in [2.24, 2.45) is 5.92 Å². The lowest BCUT2D eigenvalue weighted by molar-refractivity contribution is -0.121. The van der Waals surface area contributed by atoms with E-state index in [1.807, 2.05) is 12.1 Å². The zero-order chi connectivity index (χ0) is 17.9. The fraction of sp³-hybridized carbons (Fsp3) is 0.556. The van der Waals surface area contributed by atoms with Crippen molar-refractivity contribution < 1.29 is 9.59 Å². The molecule has 1 aliphatic heterocycles. The van der Waals surface area contributed by atoms with Crippen LogP contribution in [0.5, 0.6) is 0 Å². The molecule has 0 radical (unpaired) electrons. The fourth-order valence-electron chi connectivity index (χ4n) is 3.98. The summed E-state index contributed by atoms with van der Waals surface area (Å²) in [5.41, 5.74) is 0.210. The van der Waals surface area contributed by atoms with Crippen LogP contribution in [0.3, 0.4) is 0 Å². The monoisotopic (exact) mass is 356 g/mol. The van der Waals surface area contributed by atoms with Crippen molar-refractivity contribution in [3.63, 3.8) is 0 Å². The van der Waals surface area contributed by atoms with Gasteiger partial charge in [0.15, 0.2) is 11.5 Å². The highest BCUT2D eigenvalue weighted by Gasteiger charge is 2.30. The summed E-state index contributed by atoms with van der Waals surface area (Å²) in [5.74, 6) is -0.0316. The van der Waals surface area contributed by atoms with E-state index in [0.29, 0.717) is 6.04 Å². The Labute approximate surface area is 151 Å². The number of nitrogens with zero attached hydrogens (tertiary/aromatic N) is 4. The van der Waals surface area contributed by atoms with Crippen LogP contribution >= 0.6 is 0 Å². The SMILES string of the molecule is O=C(Nc1n[nH]nc1C(=O)N1CCCC1)C1CCC(n2cccc2)CC1. The van der Waals surface area contributed by atoms with Crippen LogP contribution in [0.2, 0.25) is 0 Å². The minimum atomic E-state index is -0.164. The molecule has 2 N–H and O–H groups in total. The number of aromatic amines is 1. The summed E-state index contributed by atoms with van der Waals surface area (Å²) in [5, 5.41) is 13.2. The maximum Gasteiger partial charge on any atom is 0.278 e. The molecule has 2 aromatic heterocycles. The van der Waals surface area contributed by atoms with Gasteiger partial charge in [-0.05, 0) is 50.7 Å². The van der Waals surface area contributed by atoms with Gasteiger partial charge in [0.05, 0.1) is 0 Å². The van der Waals surface area contributed by atoms with Crippen molar-refractivity contribution in [2.75, 3.05) is 18.4 Å². The van der Waals surface area contributed by atoms with Gasteiger partial charge in [0, 0.05) is 37.4 Å². The third-order valence-corrected chi connectivity index (χ3v) is 5.50. The summed E-state index contributed by atoms with van der Waals surface area (Å²) in [6.07, 6.45) is 9.80. The van der Waals surface area contributed by atoms with Crippen molar-refractivity contribution in [3.8, 4) is 0 Å². The first-order valence-electron chi connectivity index (χ1n) is 9.36. The smallest absolute Gasteiger partial charge is 0.278 e. The summed E-state index contributed by atoms with van der Waals surface area (Å²) in [7, 11) is 0. The standard InChI is InChI=1S/C18H24N6O2/c25-17(13-5-7-14(8-6-13)23-9-1-2-10-23)19-16-15(20-22-21-16)18(26)24-11-3-4-12-24/h1-2,9-10,13-14H,3-8,11-12H2,(H2,19,20,21,22,25). The molecular formula is C18H24N6O2. The van der Waals surface area contributed by atoms with Crippen molar-refractivity contribution in [1.29, 1.82) is 0 Å². The molecule has 2 aromatic rings. The lowest BCUT2D eigenvalue weighted by Gasteiger charge is -2.28. The Morgan fingerprint density at radius 3 is 2.42 bits per heavy atom. The van der Waals surface area contributed by atoms with Gasteiger partial charge < -0.3 is 14.8 Å². The normalized spacial score (nSPS) is 23.2. The van der Waals surface area contributed by atoms with Gasteiger partial charge in [0.1, 0.15) is 0 Å². The molecule has 1 aliphatic carbocycles. The Morgan fingerprint density at radius 2 is 1.73 bits per heavy atom. The van der Waals surface area contributed by atoms with Crippen LogP contribution in [-0.4, -0.2) is 49.8 Å². The van der Waals surface area contributed by atoms with E-state index in [-0.39, 0.29) is 29.2 Å². The molecule has 8 nitrogen and oxygen atoms in total. The molecule has 1 saturated carbocycles. The first-order valence-corrected chi connectivity index (χ1v) is 9.36. The van der Waals surface area contributed by atoms with Crippen LogP contribution in [0, 0.1) is 5.92 Å². The van der Waals surface area contributed by atoms with Gasteiger partial charge >= 0.3 is 0 Å². The molecular weight excluding hydrogens is 332 g/mol. The maximum atomic E-state index is 12.6. The topological polar surface area (TPSA) is 95.9 Å². The zero-order valence-electron chi connectivity index (χ0n) is 14.7. The van der Waals surface area contributed by atoms with E-state index in [2.05, 4.69) is 37.7 Å². The molecule has 26 heavy (non-hydrogen) atoms. The van der Waals surface area contributed by atoms with Crippen molar-refractivity contribution in [1.82, 2.24) is 24.9 Å². The molecule has 2 amide bonds. The molecule has 0 aromatic carbocycles. The highest BCUT2D eigenvalue weighted by molar-refractivity contribution is 6.01. The molecule has 2 aliphatic rings. The van der Waals surface area contributed by atoms with E-state index in [9.17, 15) is 9.59 Å². The van der Waals surface area contributed by atoms with Gasteiger partial charge in [-0.25, -0.2) is 0 Å². The summed E-state index contributed by atoms with van der Waals surface area (Å²) >= 11 is 0. The second-order valence-corrected chi connectivity index (χ2v) is 7.15. The average molecular weight is 356 g/mol. The van der Waals surface area contributed by atoms with Gasteiger partial charge in [-0.1, -0.05) is 0 Å². The second kappa shape index (κ2) is 7.31. The second-order valence-electron chi connectivity index (χ2n) is 7.15. The van der Waals surface area contributed by atoms with Crippen LogP contribution in [0.1, 0.15) is 55.1 Å². The number of H-pyrrole nitrogens is 1. The van der Waals surface area contributed by atoms with Gasteiger partial charge in [-0.15, -0.1) is 10.2 Å². The van der Waals surface area contributed by atoms with Crippen molar-refractivity contribution in [3.05, 3.63) is 30.2 Å². The Bertz CT molecular complexity index is 755. The number of amides is 2. The molecule has 0 spiro atoms. The Morgan fingerprint density at radius 1 is 1.04 bits per heavy atom. The summed E-state index contributed by atoms with van der Waals surface area (Å²) in [6, 6.07) is 4.53. The van der Waals surface area contributed by atoms with Crippen LogP contribution < -0.4 is 5.32 Å². The Kier molecular flexibility index (Phi) is 4.73. The molecule has 138 valence electrons. The average Bonchev–Trinajstić information content (AvgIpc) is 3.43. The van der Waals surface area contributed by atoms with Gasteiger partial charge in [0.2, 0.25) is 5.91 Å². The zero-order valence-corrected chi connectivity index (χ0v) is 14.7. The number of carbonyl (C=O) groups is 2. The molecule has 2 fully saturated rings. The number of likely N-dealkylation sites (tertiary alicyclic amines) is 1. The number of carbonyl (C=O) groups excluding carboxylic acids is 2. The molecule has 0 bridgehead atoms. The van der Waals surface area contributed by atoms with Crippen LogP contribution in [0.25, 0.3) is 0 Å². The highest BCUT2D eigenvalue weighted by Crippen LogP contribution is 2.33. The van der Waals surface area contributed by atoms with Crippen LogP contribution in [-0.2, 0) is 4.79 Å². The van der Waals surface area contributed by atoms with E-state index in [1.54, 1.807) is 4.90 Å². The molecule has 0 unspecified atom stereocenters. The third kappa shape index (κ3) is 3.36. The highest BCUT2D eigenvalue weighted by atomic mass is 16.2. The molecule has 1 saturated heterocycles. The summed E-state index contributed by atoms with van der Waals surface area (Å²) < 4.78 is 2.22. The quantitative estimate of drug-likeness (QED) is 0.878. The van der Waals surface area contributed by atoms with Crippen LogP contribution in [0.4, 0.5) is 5.82 Å². The van der Waals surface area contributed by atoms with E-state index in [4.69, 9.17) is 0 Å². The lowest BCUT2D eigenvalue weighted by Crippen LogP contribution is -2.31. The largest absolute Gasteiger partial charge is 0.351 e. The lowest BCUT2D eigenvalue weighted by atomic mass is 9.85. The number of anilines is 1. The van der Waals surface area contributed by atoms with Crippen molar-refractivity contribution >= 4 is 17.6 Å². The predicted octanol–water partition coefficient (Wildman–Crippen LogP) is 2.21. The molecule has 3 heterocycles. The first kappa shape index (κ1) is 16.8. The van der Waals surface area contributed by atoms with E-state index >= 15 is 0 Å². The fourth-order valence-corrected chi connectivity index (χ4v) is 3.98. The third-order valence-electron chi connectivity index (χ3n) is 5.50. The first-order chi connectivity index (χ1) is 12.7. The van der Waals surface area contributed by atoms with E-state index in [0.717, 1.165) is 51.6 Å². The minimum absolute atomic E-state index is 0.0479. The molecule has 8 heteroatoms. The number of rotatable bonds is 4. The van der Waals surface area contributed by atoms with Gasteiger partial charge in [0.25, 0.3) is 5.91 Å². The predicted molar refractivity (Wildman–Crippen MR) is 95.6 cm³/mol. The summed E-state index contributed by atoms with van der Waals surface area (Å²) in [6.45, 7) is 1.48. The Hall–Kier alpha value is -2.64. The molecule has 4 rings (SSSR count).